The molecule has 1 fully saturated rings. The smallest absolute Gasteiger partial charge is 0.226 e. The first-order valence-corrected chi connectivity index (χ1v) is 10.7. The maximum atomic E-state index is 13.0. The summed E-state index contributed by atoms with van der Waals surface area (Å²) in [6, 6.07) is 10.7. The number of furan rings is 1. The van der Waals surface area contributed by atoms with Crippen LogP contribution < -0.4 is 5.32 Å². The van der Waals surface area contributed by atoms with Crippen LogP contribution >= 0.6 is 11.3 Å². The molecule has 0 aliphatic carbocycles. The Kier molecular flexibility index (Phi) is 6.06. The van der Waals surface area contributed by atoms with Gasteiger partial charge < -0.3 is 9.73 Å². The van der Waals surface area contributed by atoms with Gasteiger partial charge in [-0.05, 0) is 49.6 Å². The zero-order chi connectivity index (χ0) is 20.2. The minimum Gasteiger partial charge on any atom is -0.459 e. The molecule has 0 atom stereocenters. The van der Waals surface area contributed by atoms with Crippen LogP contribution in [0.1, 0.15) is 29.9 Å². The maximum Gasteiger partial charge on any atom is 0.226 e. The third-order valence-corrected chi connectivity index (χ3v) is 6.02. The van der Waals surface area contributed by atoms with E-state index < -0.39 is 0 Å². The number of benzene rings is 1. The van der Waals surface area contributed by atoms with Gasteiger partial charge in [0.25, 0.3) is 0 Å². The van der Waals surface area contributed by atoms with Gasteiger partial charge in [-0.1, -0.05) is 12.1 Å². The molecule has 7 heteroatoms. The first kappa shape index (κ1) is 19.8. The van der Waals surface area contributed by atoms with Crippen molar-refractivity contribution in [3.8, 4) is 10.8 Å². The Hall–Kier alpha value is -2.51. The second-order valence-corrected chi connectivity index (χ2v) is 8.33. The van der Waals surface area contributed by atoms with E-state index in [1.54, 1.807) is 0 Å². The van der Waals surface area contributed by atoms with Crippen molar-refractivity contribution < 1.29 is 13.6 Å². The van der Waals surface area contributed by atoms with Gasteiger partial charge in [-0.2, -0.15) is 0 Å². The van der Waals surface area contributed by atoms with Gasteiger partial charge in [-0.25, -0.2) is 9.37 Å². The lowest BCUT2D eigenvalue weighted by Crippen LogP contribution is -2.44. The number of rotatable bonds is 6. The van der Waals surface area contributed by atoms with Crippen molar-refractivity contribution in [3.05, 3.63) is 64.6 Å². The number of carbonyl (C=O) groups is 1. The molecule has 1 saturated heterocycles. The van der Waals surface area contributed by atoms with Gasteiger partial charge in [0.15, 0.2) is 10.8 Å². The van der Waals surface area contributed by atoms with Crippen molar-refractivity contribution in [2.75, 3.05) is 13.1 Å². The number of piperidine rings is 1. The summed E-state index contributed by atoms with van der Waals surface area (Å²) in [4.78, 5) is 19.3. The second kappa shape index (κ2) is 8.88. The predicted molar refractivity (Wildman–Crippen MR) is 111 cm³/mol. The van der Waals surface area contributed by atoms with Crippen LogP contribution in [0.5, 0.6) is 0 Å². The molecule has 0 saturated carbocycles. The summed E-state index contributed by atoms with van der Waals surface area (Å²) >= 11 is 1.49. The molecule has 5 nitrogen and oxygen atoms in total. The largest absolute Gasteiger partial charge is 0.459 e. The summed E-state index contributed by atoms with van der Waals surface area (Å²) in [6.07, 6.45) is 2.12. The van der Waals surface area contributed by atoms with Crippen molar-refractivity contribution in [3.63, 3.8) is 0 Å². The SMILES string of the molecule is Cc1ccc(-c2nc(CC(=O)NC3CCN(Cc4ccc(F)cc4)CC3)cs2)o1. The predicted octanol–water partition coefficient (Wildman–Crippen LogP) is 4.17. The Morgan fingerprint density at radius 2 is 2.00 bits per heavy atom. The molecule has 0 radical (unpaired) electrons. The first-order valence-electron chi connectivity index (χ1n) is 9.82. The fourth-order valence-corrected chi connectivity index (χ4v) is 4.36. The summed E-state index contributed by atoms with van der Waals surface area (Å²) in [5.41, 5.74) is 1.88. The highest BCUT2D eigenvalue weighted by molar-refractivity contribution is 7.13. The highest BCUT2D eigenvalue weighted by Crippen LogP contribution is 2.25. The van der Waals surface area contributed by atoms with Gasteiger partial charge >= 0.3 is 0 Å². The van der Waals surface area contributed by atoms with Crippen molar-refractivity contribution in [1.82, 2.24) is 15.2 Å². The lowest BCUT2D eigenvalue weighted by Gasteiger charge is -2.32. The lowest BCUT2D eigenvalue weighted by atomic mass is 10.0. The Morgan fingerprint density at radius 3 is 2.69 bits per heavy atom. The number of hydrogen-bond donors (Lipinski definition) is 1. The molecule has 29 heavy (non-hydrogen) atoms. The molecular weight excluding hydrogens is 389 g/mol. The minimum absolute atomic E-state index is 0.00876. The molecule has 1 aromatic carbocycles. The van der Waals surface area contributed by atoms with E-state index in [1.807, 2.05) is 36.6 Å². The topological polar surface area (TPSA) is 58.4 Å². The molecule has 1 amide bonds. The van der Waals surface area contributed by atoms with Crippen molar-refractivity contribution in [1.29, 1.82) is 0 Å². The summed E-state index contributed by atoms with van der Waals surface area (Å²) < 4.78 is 18.6. The number of nitrogens with one attached hydrogen (secondary N) is 1. The third kappa shape index (κ3) is 5.31. The molecule has 0 spiro atoms. The Labute approximate surface area is 173 Å². The Morgan fingerprint density at radius 1 is 1.24 bits per heavy atom. The van der Waals surface area contributed by atoms with Crippen LogP contribution in [0.4, 0.5) is 4.39 Å². The van der Waals surface area contributed by atoms with Crippen molar-refractivity contribution >= 4 is 17.2 Å². The monoisotopic (exact) mass is 413 g/mol. The molecule has 1 aliphatic heterocycles. The summed E-state index contributed by atoms with van der Waals surface area (Å²) in [6.45, 7) is 4.55. The fraction of sp³-hybridized carbons (Fsp3) is 0.364. The van der Waals surface area contributed by atoms with Crippen LogP contribution in [0.25, 0.3) is 10.8 Å². The van der Waals surface area contributed by atoms with Gasteiger partial charge in [0, 0.05) is 31.1 Å². The average Bonchev–Trinajstić information content (AvgIpc) is 3.34. The molecule has 0 unspecified atom stereocenters. The number of amides is 1. The van der Waals surface area contributed by atoms with Gasteiger partial charge in [0.2, 0.25) is 5.91 Å². The highest BCUT2D eigenvalue weighted by Gasteiger charge is 2.21. The summed E-state index contributed by atoms with van der Waals surface area (Å²) in [5, 5.41) is 5.85. The molecule has 2 aromatic heterocycles. The van der Waals surface area contributed by atoms with E-state index in [9.17, 15) is 9.18 Å². The van der Waals surface area contributed by atoms with Gasteiger partial charge in [0.05, 0.1) is 12.1 Å². The zero-order valence-corrected chi connectivity index (χ0v) is 17.2. The van der Waals surface area contributed by atoms with Crippen LogP contribution in [0.3, 0.4) is 0 Å². The maximum absolute atomic E-state index is 13.0. The molecule has 1 N–H and O–H groups in total. The van der Waals surface area contributed by atoms with E-state index in [-0.39, 0.29) is 24.2 Å². The third-order valence-electron chi connectivity index (χ3n) is 5.12. The number of halogens is 1. The number of carbonyl (C=O) groups excluding carboxylic acids is 1. The fourth-order valence-electron chi connectivity index (χ4n) is 3.58. The summed E-state index contributed by atoms with van der Waals surface area (Å²) in [7, 11) is 0. The standard InChI is InChI=1S/C22H24FN3O2S/c1-15-2-7-20(28-15)22-25-19(14-29-22)12-21(27)24-18-8-10-26(11-9-18)13-16-3-5-17(23)6-4-16/h2-7,14,18H,8-13H2,1H3,(H,24,27). The molecule has 1 aliphatic rings. The van der Waals surface area contributed by atoms with Crippen LogP contribution in [0.2, 0.25) is 0 Å². The quantitative estimate of drug-likeness (QED) is 0.659. The molecule has 0 bridgehead atoms. The minimum atomic E-state index is -0.207. The number of nitrogens with zero attached hydrogens (tertiary/aromatic N) is 2. The zero-order valence-electron chi connectivity index (χ0n) is 16.4. The average molecular weight is 414 g/mol. The molecule has 4 rings (SSSR count). The normalized spacial score (nSPS) is 15.5. The van der Waals surface area contributed by atoms with Gasteiger partial charge in [-0.3, -0.25) is 9.69 Å². The summed E-state index contributed by atoms with van der Waals surface area (Å²) in [5.74, 6) is 1.39. The van der Waals surface area contributed by atoms with E-state index in [0.29, 0.717) is 0 Å². The molecule has 3 aromatic rings. The van der Waals surface area contributed by atoms with E-state index in [0.717, 1.165) is 60.3 Å². The number of thiazole rings is 1. The molecule has 152 valence electrons. The Balaban J connectivity index is 1.23. The van der Waals surface area contributed by atoms with E-state index in [4.69, 9.17) is 4.42 Å². The molecule has 3 heterocycles. The van der Waals surface area contributed by atoms with Gasteiger partial charge in [-0.15, -0.1) is 11.3 Å². The van der Waals surface area contributed by atoms with Crippen LogP contribution in [0.15, 0.2) is 46.2 Å². The molecular formula is C22H24FN3O2S. The number of aromatic nitrogens is 1. The van der Waals surface area contributed by atoms with E-state index in [2.05, 4.69) is 15.2 Å². The second-order valence-electron chi connectivity index (χ2n) is 7.48. The first-order chi connectivity index (χ1) is 14.0. The number of aryl methyl sites for hydroxylation is 1. The highest BCUT2D eigenvalue weighted by atomic mass is 32.1. The van der Waals surface area contributed by atoms with Gasteiger partial charge in [0.1, 0.15) is 11.6 Å². The number of likely N-dealkylation sites (tertiary alicyclic amines) is 1. The van der Waals surface area contributed by atoms with E-state index in [1.165, 1.54) is 23.5 Å². The van der Waals surface area contributed by atoms with Crippen LogP contribution in [-0.4, -0.2) is 34.9 Å². The van der Waals surface area contributed by atoms with Crippen molar-refractivity contribution in [2.45, 2.75) is 38.8 Å². The van der Waals surface area contributed by atoms with Crippen LogP contribution in [-0.2, 0) is 17.8 Å². The van der Waals surface area contributed by atoms with Crippen LogP contribution in [0, 0.1) is 12.7 Å². The van der Waals surface area contributed by atoms with E-state index >= 15 is 0 Å². The number of hydrogen-bond acceptors (Lipinski definition) is 5. The lowest BCUT2D eigenvalue weighted by molar-refractivity contribution is -0.121. The Bertz CT molecular complexity index is 959. The van der Waals surface area contributed by atoms with Crippen molar-refractivity contribution in [2.24, 2.45) is 0 Å².